The molecule has 2 aromatic carbocycles. The van der Waals surface area contributed by atoms with Gasteiger partial charge in [-0.25, -0.2) is 4.39 Å². The number of likely N-dealkylation sites (N-methyl/N-ethyl adjacent to an activating group) is 1. The average Bonchev–Trinajstić information content (AvgIpc) is 3.02. The van der Waals surface area contributed by atoms with E-state index < -0.39 is 5.82 Å². The van der Waals surface area contributed by atoms with Crippen LogP contribution < -0.4 is 16.0 Å². The van der Waals surface area contributed by atoms with E-state index in [2.05, 4.69) is 41.6 Å². The van der Waals surface area contributed by atoms with Crippen LogP contribution in [0.15, 0.2) is 42.6 Å². The lowest BCUT2D eigenvalue weighted by Crippen LogP contribution is -2.34. The molecule has 3 rings (SSSR count). The summed E-state index contributed by atoms with van der Waals surface area (Å²) in [4.78, 5) is 14.6. The molecule has 0 spiro atoms. The number of benzene rings is 2. The van der Waals surface area contributed by atoms with E-state index in [9.17, 15) is 9.18 Å². The summed E-state index contributed by atoms with van der Waals surface area (Å²) in [6, 6.07) is 11.0. The number of anilines is 3. The molecule has 1 heterocycles. The minimum absolute atomic E-state index is 0.297. The summed E-state index contributed by atoms with van der Waals surface area (Å²) < 4.78 is 14.1. The molecule has 0 radical (unpaired) electrons. The first-order valence-electron chi connectivity index (χ1n) is 10.1. The van der Waals surface area contributed by atoms with Crippen molar-refractivity contribution in [1.82, 2.24) is 4.90 Å². The van der Waals surface area contributed by atoms with Gasteiger partial charge in [0, 0.05) is 35.7 Å². The molecule has 1 aliphatic heterocycles. The average molecular weight is 397 g/mol. The fraction of sp³-hybridized carbons (Fsp3) is 0.348. The third-order valence-corrected chi connectivity index (χ3v) is 5.21. The molecular weight excluding hydrogens is 367 g/mol. The van der Waals surface area contributed by atoms with E-state index in [-0.39, 0.29) is 5.91 Å². The SMILES string of the molecule is CCN(CC)CC(C)Nc1ccc(NC=C2C(=O)Nc3cccc(F)c32)cc1C. The van der Waals surface area contributed by atoms with Crippen molar-refractivity contribution in [3.8, 4) is 0 Å². The number of fused-ring (bicyclic) bond motifs is 1. The molecule has 0 fully saturated rings. The summed E-state index contributed by atoms with van der Waals surface area (Å²) in [6.07, 6.45) is 1.56. The Balaban J connectivity index is 1.70. The number of rotatable bonds is 8. The van der Waals surface area contributed by atoms with Crippen LogP contribution in [0.25, 0.3) is 5.57 Å². The molecule has 154 valence electrons. The zero-order valence-electron chi connectivity index (χ0n) is 17.5. The zero-order chi connectivity index (χ0) is 21.0. The number of amides is 1. The van der Waals surface area contributed by atoms with Gasteiger partial charge in [-0.05, 0) is 62.8 Å². The van der Waals surface area contributed by atoms with E-state index in [0.29, 0.717) is 22.9 Å². The lowest BCUT2D eigenvalue weighted by Gasteiger charge is -2.25. The highest BCUT2D eigenvalue weighted by molar-refractivity contribution is 6.31. The lowest BCUT2D eigenvalue weighted by atomic mass is 10.1. The van der Waals surface area contributed by atoms with E-state index in [1.54, 1.807) is 18.3 Å². The highest BCUT2D eigenvalue weighted by atomic mass is 19.1. The summed E-state index contributed by atoms with van der Waals surface area (Å²) in [5.41, 5.74) is 4.13. The van der Waals surface area contributed by atoms with Crippen LogP contribution in [0.5, 0.6) is 0 Å². The van der Waals surface area contributed by atoms with E-state index in [1.807, 2.05) is 25.1 Å². The van der Waals surface area contributed by atoms with Gasteiger partial charge in [-0.1, -0.05) is 19.9 Å². The van der Waals surface area contributed by atoms with E-state index in [4.69, 9.17) is 0 Å². The van der Waals surface area contributed by atoms with Gasteiger partial charge in [-0.2, -0.15) is 0 Å². The smallest absolute Gasteiger partial charge is 0.257 e. The molecular formula is C23H29FN4O. The van der Waals surface area contributed by atoms with Crippen LogP contribution in [0.2, 0.25) is 0 Å². The van der Waals surface area contributed by atoms with Crippen molar-refractivity contribution in [2.45, 2.75) is 33.7 Å². The van der Waals surface area contributed by atoms with Crippen molar-refractivity contribution in [2.75, 3.05) is 35.6 Å². The lowest BCUT2D eigenvalue weighted by molar-refractivity contribution is -0.110. The van der Waals surface area contributed by atoms with Crippen LogP contribution in [0, 0.1) is 12.7 Å². The molecule has 0 bridgehead atoms. The second-order valence-corrected chi connectivity index (χ2v) is 7.38. The largest absolute Gasteiger partial charge is 0.381 e. The molecule has 1 amide bonds. The van der Waals surface area contributed by atoms with E-state index in [1.165, 1.54) is 6.07 Å². The Morgan fingerprint density at radius 3 is 2.66 bits per heavy atom. The number of nitrogens with one attached hydrogen (secondary N) is 3. The van der Waals surface area contributed by atoms with Crippen LogP contribution in [-0.2, 0) is 4.79 Å². The van der Waals surface area contributed by atoms with Crippen LogP contribution in [0.3, 0.4) is 0 Å². The number of carbonyl (C=O) groups is 1. The highest BCUT2D eigenvalue weighted by Gasteiger charge is 2.27. The Hall–Kier alpha value is -2.86. The van der Waals surface area contributed by atoms with E-state index >= 15 is 0 Å². The van der Waals surface area contributed by atoms with Gasteiger partial charge in [-0.15, -0.1) is 0 Å². The standard InChI is InChI=1S/C23H29FN4O/c1-5-28(6-2)14-16(4)26-20-11-10-17(12-15(20)3)25-13-18-22-19(24)8-7-9-21(22)27-23(18)29/h7-13,16,25-26H,5-6,14H2,1-4H3,(H,27,29). The van der Waals surface area contributed by atoms with Crippen molar-refractivity contribution in [2.24, 2.45) is 0 Å². The fourth-order valence-electron chi connectivity index (χ4n) is 3.59. The number of carbonyl (C=O) groups excluding carboxylic acids is 1. The first kappa shape index (κ1) is 20.9. The molecule has 1 aliphatic rings. The predicted molar refractivity (Wildman–Crippen MR) is 119 cm³/mol. The molecule has 1 atom stereocenters. The van der Waals surface area contributed by atoms with Gasteiger partial charge in [0.2, 0.25) is 0 Å². The van der Waals surface area contributed by atoms with Gasteiger partial charge in [0.25, 0.3) is 5.91 Å². The topological polar surface area (TPSA) is 56.4 Å². The molecule has 0 saturated carbocycles. The molecule has 5 nitrogen and oxygen atoms in total. The van der Waals surface area contributed by atoms with E-state index in [0.717, 1.165) is 36.6 Å². The normalized spacial score (nSPS) is 15.4. The van der Waals surface area contributed by atoms with Gasteiger partial charge >= 0.3 is 0 Å². The molecule has 0 aromatic heterocycles. The Labute approximate surface area is 172 Å². The maximum Gasteiger partial charge on any atom is 0.257 e. The quantitative estimate of drug-likeness (QED) is 0.567. The number of halogens is 1. The maximum absolute atomic E-state index is 14.1. The Bertz CT molecular complexity index is 921. The number of aryl methyl sites for hydroxylation is 1. The monoisotopic (exact) mass is 396 g/mol. The summed E-state index contributed by atoms with van der Waals surface area (Å²) in [5.74, 6) is -0.718. The van der Waals surface area contributed by atoms with Gasteiger partial charge < -0.3 is 20.9 Å². The Kier molecular flexibility index (Phi) is 6.54. The minimum Gasteiger partial charge on any atom is -0.381 e. The summed E-state index contributed by atoms with van der Waals surface area (Å²) >= 11 is 0. The Morgan fingerprint density at radius 1 is 1.21 bits per heavy atom. The number of nitrogens with zero attached hydrogens (tertiary/aromatic N) is 1. The molecule has 2 aromatic rings. The highest BCUT2D eigenvalue weighted by Crippen LogP contribution is 2.33. The molecule has 6 heteroatoms. The number of hydrogen-bond acceptors (Lipinski definition) is 4. The van der Waals surface area contributed by atoms with Crippen LogP contribution in [-0.4, -0.2) is 36.5 Å². The van der Waals surface area contributed by atoms with Gasteiger partial charge in [-0.3, -0.25) is 4.79 Å². The van der Waals surface area contributed by atoms with Crippen LogP contribution in [0.4, 0.5) is 21.5 Å². The fourth-order valence-corrected chi connectivity index (χ4v) is 3.59. The van der Waals surface area contributed by atoms with Crippen molar-refractivity contribution in [1.29, 1.82) is 0 Å². The first-order chi connectivity index (χ1) is 13.9. The number of hydrogen-bond donors (Lipinski definition) is 3. The van der Waals surface area contributed by atoms with Gasteiger partial charge in [0.15, 0.2) is 0 Å². The summed E-state index contributed by atoms with van der Waals surface area (Å²) in [5, 5.41) is 9.38. The second kappa shape index (κ2) is 9.09. The first-order valence-corrected chi connectivity index (χ1v) is 10.1. The molecule has 0 aliphatic carbocycles. The third kappa shape index (κ3) is 4.77. The molecule has 29 heavy (non-hydrogen) atoms. The van der Waals surface area contributed by atoms with Gasteiger partial charge in [0.05, 0.1) is 11.3 Å². The predicted octanol–water partition coefficient (Wildman–Crippen LogP) is 4.68. The Morgan fingerprint density at radius 2 is 1.97 bits per heavy atom. The maximum atomic E-state index is 14.1. The second-order valence-electron chi connectivity index (χ2n) is 7.38. The third-order valence-electron chi connectivity index (χ3n) is 5.21. The minimum atomic E-state index is -0.410. The van der Waals surface area contributed by atoms with Crippen molar-refractivity contribution in [3.63, 3.8) is 0 Å². The van der Waals surface area contributed by atoms with Crippen molar-refractivity contribution >= 4 is 28.5 Å². The van der Waals surface area contributed by atoms with Crippen molar-refractivity contribution in [3.05, 3.63) is 59.5 Å². The molecule has 3 N–H and O–H groups in total. The van der Waals surface area contributed by atoms with Crippen LogP contribution >= 0.6 is 0 Å². The summed E-state index contributed by atoms with van der Waals surface area (Å²) in [7, 11) is 0. The van der Waals surface area contributed by atoms with Crippen LogP contribution in [0.1, 0.15) is 31.9 Å². The summed E-state index contributed by atoms with van der Waals surface area (Å²) in [6.45, 7) is 11.6. The van der Waals surface area contributed by atoms with Gasteiger partial charge in [0.1, 0.15) is 5.82 Å². The zero-order valence-corrected chi connectivity index (χ0v) is 17.5. The molecule has 0 saturated heterocycles. The van der Waals surface area contributed by atoms with Crippen molar-refractivity contribution < 1.29 is 9.18 Å². The molecule has 1 unspecified atom stereocenters.